The van der Waals surface area contributed by atoms with E-state index in [4.69, 9.17) is 9.15 Å². The minimum Gasteiger partial charge on any atom is -0.481 e. The van der Waals surface area contributed by atoms with Crippen molar-refractivity contribution >= 4 is 38.8 Å². The second-order valence-electron chi connectivity index (χ2n) is 6.08. The molecule has 0 saturated heterocycles. The van der Waals surface area contributed by atoms with Crippen molar-refractivity contribution in [2.24, 2.45) is 0 Å². The van der Waals surface area contributed by atoms with Gasteiger partial charge in [-0.2, -0.15) is 0 Å². The summed E-state index contributed by atoms with van der Waals surface area (Å²) in [5.41, 5.74) is 5.49. The van der Waals surface area contributed by atoms with Gasteiger partial charge in [-0.3, -0.25) is 25.0 Å². The molecule has 1 heterocycles. The average Bonchev–Trinajstić information content (AvgIpc) is 3.00. The van der Waals surface area contributed by atoms with Crippen LogP contribution in [-0.4, -0.2) is 22.5 Å². The van der Waals surface area contributed by atoms with Crippen molar-refractivity contribution in [2.45, 2.75) is 26.0 Å². The van der Waals surface area contributed by atoms with Crippen molar-refractivity contribution in [1.29, 1.82) is 0 Å². The van der Waals surface area contributed by atoms with Gasteiger partial charge in [-0.25, -0.2) is 4.79 Å². The topological polar surface area (TPSA) is 103 Å². The van der Waals surface area contributed by atoms with Crippen LogP contribution in [0.2, 0.25) is 0 Å². The number of rotatable bonds is 5. The summed E-state index contributed by atoms with van der Waals surface area (Å²) in [6.45, 7) is 3.09. The molecule has 0 aliphatic carbocycles. The van der Waals surface area contributed by atoms with Crippen LogP contribution < -0.4 is 21.3 Å². The smallest absolute Gasteiger partial charge is 0.420 e. The number of hydrogen-bond acceptors (Lipinski definition) is 5. The molecule has 28 heavy (non-hydrogen) atoms. The van der Waals surface area contributed by atoms with Gasteiger partial charge >= 0.3 is 5.76 Å². The zero-order valence-electron chi connectivity index (χ0n) is 15.1. The molecule has 2 N–H and O–H groups in total. The third kappa shape index (κ3) is 4.25. The van der Waals surface area contributed by atoms with Crippen LogP contribution in [0.1, 0.15) is 19.9 Å². The Balaban J connectivity index is 1.62. The molecule has 0 bridgehead atoms. The first kappa shape index (κ1) is 19.7. The summed E-state index contributed by atoms with van der Waals surface area (Å²) in [7, 11) is 0. The summed E-state index contributed by atoms with van der Waals surface area (Å²) < 4.78 is 12.7. The van der Waals surface area contributed by atoms with Crippen LogP contribution in [0.25, 0.3) is 11.1 Å². The maximum Gasteiger partial charge on any atom is 0.420 e. The van der Waals surface area contributed by atoms with Crippen molar-refractivity contribution in [1.82, 2.24) is 15.4 Å². The molecule has 0 radical (unpaired) electrons. The number of hydrogen-bond donors (Lipinski definition) is 2. The van der Waals surface area contributed by atoms with E-state index in [-0.39, 0.29) is 0 Å². The van der Waals surface area contributed by atoms with Gasteiger partial charge in [-0.05, 0) is 44.2 Å². The normalized spacial score (nSPS) is 13.0. The van der Waals surface area contributed by atoms with Crippen molar-refractivity contribution in [2.75, 3.05) is 0 Å². The van der Waals surface area contributed by atoms with Gasteiger partial charge in [0, 0.05) is 4.47 Å². The fourth-order valence-electron chi connectivity index (χ4n) is 2.60. The predicted octanol–water partition coefficient (Wildman–Crippen LogP) is 2.53. The van der Waals surface area contributed by atoms with Gasteiger partial charge in [0.2, 0.25) is 0 Å². The Labute approximate surface area is 168 Å². The second kappa shape index (κ2) is 8.30. The maximum atomic E-state index is 12.4. The second-order valence-corrected chi connectivity index (χ2v) is 6.99. The quantitative estimate of drug-likeness (QED) is 0.585. The highest BCUT2D eigenvalue weighted by Gasteiger charge is 2.22. The molecule has 146 valence electrons. The number of hydrazine groups is 1. The Morgan fingerprint density at radius 3 is 2.54 bits per heavy atom. The van der Waals surface area contributed by atoms with E-state index < -0.39 is 29.7 Å². The molecule has 0 saturated carbocycles. The minimum absolute atomic E-state index is 0.382. The lowest BCUT2D eigenvalue weighted by atomic mass is 10.2. The third-order valence-corrected chi connectivity index (χ3v) is 4.57. The van der Waals surface area contributed by atoms with Crippen LogP contribution in [0.4, 0.5) is 0 Å². The van der Waals surface area contributed by atoms with Crippen molar-refractivity contribution < 1.29 is 18.7 Å². The molecule has 0 aliphatic heterocycles. The molecule has 3 aromatic rings. The molecule has 2 aromatic carbocycles. The first-order valence-electron chi connectivity index (χ1n) is 8.49. The number of para-hydroxylation sites is 2. The van der Waals surface area contributed by atoms with Crippen LogP contribution >= 0.6 is 15.9 Å². The number of ether oxygens (including phenoxy) is 1. The summed E-state index contributed by atoms with van der Waals surface area (Å²) >= 11 is 3.32. The van der Waals surface area contributed by atoms with Crippen LogP contribution in [0.3, 0.4) is 0 Å². The zero-order chi connectivity index (χ0) is 20.3. The molecule has 0 unspecified atom stereocenters. The molecule has 3 rings (SSSR count). The number of carbonyl (C=O) groups is 2. The van der Waals surface area contributed by atoms with E-state index in [1.54, 1.807) is 49.4 Å². The summed E-state index contributed by atoms with van der Waals surface area (Å²) in [4.78, 5) is 36.6. The molecule has 0 spiro atoms. The molecule has 0 aliphatic rings. The van der Waals surface area contributed by atoms with Gasteiger partial charge < -0.3 is 9.15 Å². The van der Waals surface area contributed by atoms with Crippen molar-refractivity contribution in [3.05, 3.63) is 63.6 Å². The number of amides is 2. The molecular weight excluding hydrogens is 430 g/mol. The summed E-state index contributed by atoms with van der Waals surface area (Å²) in [6, 6.07) is 12.9. The molecule has 2 amide bonds. The lowest BCUT2D eigenvalue weighted by Gasteiger charge is -2.17. The third-order valence-electron chi connectivity index (χ3n) is 4.07. The van der Waals surface area contributed by atoms with Gasteiger partial charge in [-0.15, -0.1) is 0 Å². The highest BCUT2D eigenvalue weighted by Crippen LogP contribution is 2.19. The van der Waals surface area contributed by atoms with Gasteiger partial charge in [0.25, 0.3) is 11.8 Å². The van der Waals surface area contributed by atoms with E-state index in [1.807, 2.05) is 6.07 Å². The standard InChI is InChI=1S/C19H18BrN3O5/c1-11(23-15-8-3-4-9-16(15)28-19(23)26)17(24)21-22-18(25)12(2)27-14-7-5-6-13(20)10-14/h3-12H,1-2H3,(H,21,24)(H,22,25)/t11-,12-/m0/s1. The Hall–Kier alpha value is -3.07. The highest BCUT2D eigenvalue weighted by atomic mass is 79.9. The number of halogens is 1. The summed E-state index contributed by atoms with van der Waals surface area (Å²) in [6.07, 6.45) is -0.845. The summed E-state index contributed by atoms with van der Waals surface area (Å²) in [5.74, 6) is -1.25. The highest BCUT2D eigenvalue weighted by molar-refractivity contribution is 9.10. The van der Waals surface area contributed by atoms with E-state index in [0.29, 0.717) is 16.8 Å². The molecular formula is C19H18BrN3O5. The van der Waals surface area contributed by atoms with E-state index in [2.05, 4.69) is 26.8 Å². The van der Waals surface area contributed by atoms with Crippen LogP contribution in [0, 0.1) is 0 Å². The van der Waals surface area contributed by atoms with Crippen LogP contribution in [0.15, 0.2) is 62.2 Å². The Morgan fingerprint density at radius 1 is 1.07 bits per heavy atom. The first-order chi connectivity index (χ1) is 13.4. The van der Waals surface area contributed by atoms with E-state index >= 15 is 0 Å². The lowest BCUT2D eigenvalue weighted by Crippen LogP contribution is -2.49. The largest absolute Gasteiger partial charge is 0.481 e. The Morgan fingerprint density at radius 2 is 1.79 bits per heavy atom. The molecule has 2 atom stereocenters. The van der Waals surface area contributed by atoms with Crippen molar-refractivity contribution in [3.8, 4) is 5.75 Å². The fourth-order valence-corrected chi connectivity index (χ4v) is 2.97. The van der Waals surface area contributed by atoms with E-state index in [0.717, 1.165) is 4.47 Å². The maximum absolute atomic E-state index is 12.4. The SMILES string of the molecule is C[C@H](Oc1cccc(Br)c1)C(=O)NNC(=O)[C@H](C)n1c(=O)oc2ccccc21. The fraction of sp³-hybridized carbons (Fsp3) is 0.211. The number of carbonyl (C=O) groups excluding carboxylic acids is 2. The number of oxazole rings is 1. The molecule has 1 aromatic heterocycles. The van der Waals surface area contributed by atoms with Gasteiger partial charge in [0.1, 0.15) is 11.8 Å². The lowest BCUT2D eigenvalue weighted by molar-refractivity contribution is -0.133. The number of nitrogens with zero attached hydrogens (tertiary/aromatic N) is 1. The number of aromatic nitrogens is 1. The molecule has 0 fully saturated rings. The zero-order valence-corrected chi connectivity index (χ0v) is 16.7. The first-order valence-corrected chi connectivity index (χ1v) is 9.28. The number of benzene rings is 2. The number of nitrogens with one attached hydrogen (secondary N) is 2. The predicted molar refractivity (Wildman–Crippen MR) is 106 cm³/mol. The van der Waals surface area contributed by atoms with Gasteiger partial charge in [0.05, 0.1) is 5.52 Å². The van der Waals surface area contributed by atoms with E-state index in [9.17, 15) is 14.4 Å². The number of fused-ring (bicyclic) bond motifs is 1. The van der Waals surface area contributed by atoms with Crippen LogP contribution in [-0.2, 0) is 9.59 Å². The van der Waals surface area contributed by atoms with Gasteiger partial charge in [-0.1, -0.05) is 34.1 Å². The Kier molecular flexibility index (Phi) is 5.84. The van der Waals surface area contributed by atoms with E-state index in [1.165, 1.54) is 11.5 Å². The Bertz CT molecular complexity index is 1070. The molecule has 8 nitrogen and oxygen atoms in total. The van der Waals surface area contributed by atoms with Gasteiger partial charge in [0.15, 0.2) is 11.7 Å². The molecule has 9 heteroatoms. The summed E-state index contributed by atoms with van der Waals surface area (Å²) in [5, 5.41) is 0. The van der Waals surface area contributed by atoms with Crippen molar-refractivity contribution in [3.63, 3.8) is 0 Å². The van der Waals surface area contributed by atoms with Crippen LogP contribution in [0.5, 0.6) is 5.75 Å². The minimum atomic E-state index is -0.891. The monoisotopic (exact) mass is 447 g/mol. The average molecular weight is 448 g/mol.